The van der Waals surface area contributed by atoms with E-state index in [1.165, 1.54) is 0 Å². The Labute approximate surface area is 91.4 Å². The van der Waals surface area contributed by atoms with Crippen molar-refractivity contribution in [2.45, 2.75) is 52.9 Å². The van der Waals surface area contributed by atoms with Gasteiger partial charge in [0, 0.05) is 17.3 Å². The molecule has 0 spiro atoms. The largest absolute Gasteiger partial charge is 0.303 e. The normalized spacial score (nSPS) is 37.8. The maximum atomic E-state index is 12.0. The van der Waals surface area contributed by atoms with Crippen molar-refractivity contribution in [2.75, 3.05) is 0 Å². The average Bonchev–Trinajstić information content (AvgIpc) is 2.08. The summed E-state index contributed by atoms with van der Waals surface area (Å²) in [7, 11) is 0. The van der Waals surface area contributed by atoms with E-state index in [0.29, 0.717) is 24.0 Å². The zero-order chi connectivity index (χ0) is 11.3. The fraction of sp³-hybridized carbons (Fsp3) is 0.846. The second-order valence-corrected chi connectivity index (χ2v) is 6.65. The lowest BCUT2D eigenvalue weighted by Crippen LogP contribution is -2.63. The van der Waals surface area contributed by atoms with E-state index in [9.17, 15) is 9.59 Å². The first kappa shape index (κ1) is 10.8. The Morgan fingerprint density at radius 1 is 1.33 bits per heavy atom. The van der Waals surface area contributed by atoms with Gasteiger partial charge in [0.1, 0.15) is 12.1 Å². The minimum absolute atomic E-state index is 0.0493. The van der Waals surface area contributed by atoms with Crippen LogP contribution >= 0.6 is 0 Å². The van der Waals surface area contributed by atoms with E-state index >= 15 is 0 Å². The molecule has 0 aromatic rings. The number of rotatable bonds is 5. The van der Waals surface area contributed by atoms with Gasteiger partial charge >= 0.3 is 0 Å². The molecular weight excluding hydrogens is 188 g/mol. The first-order valence-electron chi connectivity index (χ1n) is 5.81. The number of hydrogen-bond acceptors (Lipinski definition) is 2. The minimum atomic E-state index is -0.330. The lowest BCUT2D eigenvalue weighted by Gasteiger charge is -2.68. The monoisotopic (exact) mass is 208 g/mol. The molecule has 0 N–H and O–H groups in total. The predicted octanol–water partition coefficient (Wildman–Crippen LogP) is 2.75. The van der Waals surface area contributed by atoms with Gasteiger partial charge in [0.05, 0.1) is 0 Å². The Balaban J connectivity index is 1.82. The Morgan fingerprint density at radius 3 is 2.27 bits per heavy atom. The zero-order valence-corrected chi connectivity index (χ0v) is 9.93. The maximum absolute atomic E-state index is 12.0. The second-order valence-electron chi connectivity index (χ2n) is 6.65. The number of ketones is 1. The number of aldehydes is 1. The van der Waals surface area contributed by atoms with Crippen molar-refractivity contribution in [1.82, 2.24) is 0 Å². The summed E-state index contributed by atoms with van der Waals surface area (Å²) in [6, 6.07) is 0. The molecular formula is C13H20O2. The smallest absolute Gasteiger partial charge is 0.139 e. The van der Waals surface area contributed by atoms with Crippen LogP contribution in [0, 0.1) is 16.2 Å². The van der Waals surface area contributed by atoms with Crippen LogP contribution in [0.3, 0.4) is 0 Å². The molecule has 3 rings (SSSR count). The fourth-order valence-electron chi connectivity index (χ4n) is 3.35. The molecule has 84 valence electrons. The first-order chi connectivity index (χ1) is 6.81. The molecule has 3 aliphatic carbocycles. The predicted molar refractivity (Wildman–Crippen MR) is 58.5 cm³/mol. The van der Waals surface area contributed by atoms with Crippen molar-refractivity contribution in [3.63, 3.8) is 0 Å². The van der Waals surface area contributed by atoms with Gasteiger partial charge in [-0.2, -0.15) is 0 Å². The Morgan fingerprint density at radius 2 is 1.87 bits per heavy atom. The molecule has 0 amide bonds. The summed E-state index contributed by atoms with van der Waals surface area (Å²) in [4.78, 5) is 22.7. The minimum Gasteiger partial charge on any atom is -0.303 e. The molecule has 3 saturated carbocycles. The highest BCUT2D eigenvalue weighted by atomic mass is 16.1. The van der Waals surface area contributed by atoms with Crippen LogP contribution in [0.5, 0.6) is 0 Å². The van der Waals surface area contributed by atoms with Crippen LogP contribution in [-0.4, -0.2) is 12.1 Å². The third kappa shape index (κ3) is 1.64. The molecule has 0 aromatic heterocycles. The van der Waals surface area contributed by atoms with Crippen molar-refractivity contribution in [3.05, 3.63) is 0 Å². The second kappa shape index (κ2) is 2.93. The van der Waals surface area contributed by atoms with Crippen molar-refractivity contribution in [1.29, 1.82) is 0 Å². The molecule has 0 radical (unpaired) electrons. The van der Waals surface area contributed by atoms with Crippen LogP contribution in [0.25, 0.3) is 0 Å². The molecule has 15 heavy (non-hydrogen) atoms. The van der Waals surface area contributed by atoms with Crippen molar-refractivity contribution in [3.8, 4) is 0 Å². The summed E-state index contributed by atoms with van der Waals surface area (Å²) >= 11 is 0. The molecule has 0 aromatic carbocycles. The average molecular weight is 208 g/mol. The van der Waals surface area contributed by atoms with Gasteiger partial charge in [-0.15, -0.1) is 0 Å². The van der Waals surface area contributed by atoms with E-state index in [-0.39, 0.29) is 10.8 Å². The van der Waals surface area contributed by atoms with Gasteiger partial charge in [-0.3, -0.25) is 4.79 Å². The molecule has 2 heteroatoms. The van der Waals surface area contributed by atoms with Gasteiger partial charge in [0.15, 0.2) is 0 Å². The van der Waals surface area contributed by atoms with Crippen LogP contribution < -0.4 is 0 Å². The summed E-state index contributed by atoms with van der Waals surface area (Å²) in [5, 5.41) is 0. The van der Waals surface area contributed by atoms with Gasteiger partial charge < -0.3 is 4.79 Å². The van der Waals surface area contributed by atoms with Crippen LogP contribution in [0.15, 0.2) is 0 Å². The van der Waals surface area contributed by atoms with Gasteiger partial charge in [0.2, 0.25) is 0 Å². The molecule has 0 atom stereocenters. The third-order valence-corrected chi connectivity index (χ3v) is 4.20. The topological polar surface area (TPSA) is 34.1 Å². The van der Waals surface area contributed by atoms with Crippen molar-refractivity contribution in [2.24, 2.45) is 16.2 Å². The van der Waals surface area contributed by atoms with E-state index < -0.39 is 0 Å². The summed E-state index contributed by atoms with van der Waals surface area (Å²) in [6.45, 7) is 6.06. The van der Waals surface area contributed by atoms with Crippen LogP contribution in [-0.2, 0) is 9.59 Å². The fourth-order valence-corrected chi connectivity index (χ4v) is 3.35. The molecule has 0 unspecified atom stereocenters. The van der Waals surface area contributed by atoms with Crippen LogP contribution in [0.2, 0.25) is 0 Å². The lowest BCUT2D eigenvalue weighted by atomic mass is 9.34. The number of carbonyl (C=O) groups excluding carboxylic acids is 2. The SMILES string of the molecule is CC(C)(C=O)CCC(=O)C12CC(C)(C1)C2. The number of Topliss-reactive ketones (excluding diaryl/α,β-unsaturated/α-hetero) is 1. The Kier molecular flexibility index (Phi) is 2.12. The molecule has 2 nitrogen and oxygen atoms in total. The van der Waals surface area contributed by atoms with Crippen LogP contribution in [0.4, 0.5) is 0 Å². The zero-order valence-electron chi connectivity index (χ0n) is 9.93. The number of hydrogen-bond donors (Lipinski definition) is 0. The van der Waals surface area contributed by atoms with E-state index in [2.05, 4.69) is 6.92 Å². The van der Waals surface area contributed by atoms with Crippen molar-refractivity contribution < 1.29 is 9.59 Å². The molecule has 2 bridgehead atoms. The first-order valence-corrected chi connectivity index (χ1v) is 5.81. The highest BCUT2D eigenvalue weighted by molar-refractivity contribution is 5.88. The van der Waals surface area contributed by atoms with Gasteiger partial charge in [-0.25, -0.2) is 0 Å². The van der Waals surface area contributed by atoms with E-state index in [0.717, 1.165) is 25.5 Å². The quantitative estimate of drug-likeness (QED) is 0.651. The van der Waals surface area contributed by atoms with Gasteiger partial charge in [-0.1, -0.05) is 20.8 Å². The number of carbonyl (C=O) groups is 2. The van der Waals surface area contributed by atoms with Gasteiger partial charge in [0.25, 0.3) is 0 Å². The summed E-state index contributed by atoms with van der Waals surface area (Å²) in [5.41, 5.74) is 0.215. The summed E-state index contributed by atoms with van der Waals surface area (Å²) in [6.07, 6.45) is 5.54. The Hall–Kier alpha value is -0.660. The molecule has 3 fully saturated rings. The van der Waals surface area contributed by atoms with Crippen molar-refractivity contribution >= 4 is 12.1 Å². The molecule has 0 aliphatic heterocycles. The summed E-state index contributed by atoms with van der Waals surface area (Å²) in [5.74, 6) is 0.404. The molecule has 3 aliphatic rings. The molecule has 0 saturated heterocycles. The summed E-state index contributed by atoms with van der Waals surface area (Å²) < 4.78 is 0. The van der Waals surface area contributed by atoms with E-state index in [4.69, 9.17) is 0 Å². The maximum Gasteiger partial charge on any atom is 0.139 e. The third-order valence-electron chi connectivity index (χ3n) is 4.20. The van der Waals surface area contributed by atoms with Gasteiger partial charge in [-0.05, 0) is 31.1 Å². The highest BCUT2D eigenvalue weighted by Crippen LogP contribution is 2.73. The Bertz CT molecular complexity index is 295. The lowest BCUT2D eigenvalue weighted by molar-refractivity contribution is -0.197. The van der Waals surface area contributed by atoms with Crippen LogP contribution in [0.1, 0.15) is 52.9 Å². The van der Waals surface area contributed by atoms with E-state index in [1.807, 2.05) is 13.8 Å². The standard InChI is InChI=1S/C13H20O2/c1-11(2,9-14)5-4-10(15)13-6-12(3,7-13)8-13/h9H,4-8H2,1-3H3. The van der Waals surface area contributed by atoms with E-state index in [1.54, 1.807) is 0 Å². The molecule has 0 heterocycles. The highest BCUT2D eigenvalue weighted by Gasteiger charge is 2.67.